The molecule has 0 bridgehead atoms. The van der Waals surface area contributed by atoms with Gasteiger partial charge in [0.1, 0.15) is 12.1 Å². The Morgan fingerprint density at radius 3 is 2.50 bits per heavy atom. The maximum absolute atomic E-state index is 12.7. The average Bonchev–Trinajstić information content (AvgIpc) is 2.46. The third-order valence-corrected chi connectivity index (χ3v) is 5.01. The van der Waals surface area contributed by atoms with Gasteiger partial charge in [0.25, 0.3) is 0 Å². The summed E-state index contributed by atoms with van der Waals surface area (Å²) >= 11 is 0. The Bertz CT molecular complexity index is 363. The minimum Gasteiger partial charge on any atom is -0.343 e. The number of rotatable bonds is 4. The molecule has 1 N–H and O–H groups in total. The SMILES string of the molecule is CCCC1NC(=O)C(C)N(C(C)C2CCCCC2)C1=O. The van der Waals surface area contributed by atoms with E-state index in [1.54, 1.807) is 0 Å². The van der Waals surface area contributed by atoms with E-state index < -0.39 is 0 Å². The molecule has 1 saturated carbocycles. The topological polar surface area (TPSA) is 49.4 Å². The van der Waals surface area contributed by atoms with Crippen LogP contribution in [0.2, 0.25) is 0 Å². The molecule has 0 aromatic carbocycles. The molecule has 4 nitrogen and oxygen atoms in total. The third-order valence-electron chi connectivity index (χ3n) is 5.01. The highest BCUT2D eigenvalue weighted by Crippen LogP contribution is 2.31. The molecular weight excluding hydrogens is 252 g/mol. The first-order chi connectivity index (χ1) is 9.56. The van der Waals surface area contributed by atoms with E-state index in [1.165, 1.54) is 32.1 Å². The van der Waals surface area contributed by atoms with Crippen LogP contribution in [0.3, 0.4) is 0 Å². The van der Waals surface area contributed by atoms with E-state index in [9.17, 15) is 9.59 Å². The highest BCUT2D eigenvalue weighted by atomic mass is 16.2. The summed E-state index contributed by atoms with van der Waals surface area (Å²) in [5, 5.41) is 2.87. The van der Waals surface area contributed by atoms with Crippen molar-refractivity contribution in [2.75, 3.05) is 0 Å². The fourth-order valence-electron chi connectivity index (χ4n) is 3.73. The van der Waals surface area contributed by atoms with Crippen LogP contribution in [0, 0.1) is 5.92 Å². The zero-order chi connectivity index (χ0) is 14.7. The molecule has 3 atom stereocenters. The van der Waals surface area contributed by atoms with Crippen molar-refractivity contribution in [3.63, 3.8) is 0 Å². The minimum atomic E-state index is -0.326. The van der Waals surface area contributed by atoms with Crippen molar-refractivity contribution < 1.29 is 9.59 Å². The summed E-state index contributed by atoms with van der Waals surface area (Å²) < 4.78 is 0. The molecular formula is C16H28N2O2. The van der Waals surface area contributed by atoms with Crippen LogP contribution in [-0.2, 0) is 9.59 Å². The van der Waals surface area contributed by atoms with Crippen LogP contribution in [0.4, 0.5) is 0 Å². The van der Waals surface area contributed by atoms with Gasteiger partial charge in [0.05, 0.1) is 0 Å². The summed E-state index contributed by atoms with van der Waals surface area (Å²) in [7, 11) is 0. The number of carbonyl (C=O) groups excluding carboxylic acids is 2. The fourth-order valence-corrected chi connectivity index (χ4v) is 3.73. The van der Waals surface area contributed by atoms with Gasteiger partial charge in [-0.3, -0.25) is 9.59 Å². The molecule has 1 aliphatic carbocycles. The Labute approximate surface area is 122 Å². The molecule has 0 spiro atoms. The number of amides is 2. The highest BCUT2D eigenvalue weighted by Gasteiger charge is 2.41. The Kier molecular flexibility index (Phi) is 5.06. The molecule has 4 heteroatoms. The molecule has 0 aromatic heterocycles. The Morgan fingerprint density at radius 2 is 1.90 bits per heavy atom. The van der Waals surface area contributed by atoms with E-state index in [0.29, 0.717) is 5.92 Å². The Morgan fingerprint density at radius 1 is 1.25 bits per heavy atom. The number of piperazine rings is 1. The molecule has 2 aliphatic rings. The van der Waals surface area contributed by atoms with E-state index in [2.05, 4.69) is 12.2 Å². The van der Waals surface area contributed by atoms with Gasteiger partial charge >= 0.3 is 0 Å². The van der Waals surface area contributed by atoms with Gasteiger partial charge in [-0.15, -0.1) is 0 Å². The monoisotopic (exact) mass is 280 g/mol. The van der Waals surface area contributed by atoms with Crippen molar-refractivity contribution in [2.45, 2.75) is 83.8 Å². The first-order valence-corrected chi connectivity index (χ1v) is 8.18. The number of nitrogens with zero attached hydrogens (tertiary/aromatic N) is 1. The van der Waals surface area contributed by atoms with Gasteiger partial charge in [-0.1, -0.05) is 32.6 Å². The van der Waals surface area contributed by atoms with Gasteiger partial charge in [-0.2, -0.15) is 0 Å². The zero-order valence-electron chi connectivity index (χ0n) is 13.0. The summed E-state index contributed by atoms with van der Waals surface area (Å²) in [6.45, 7) is 6.03. The minimum absolute atomic E-state index is 0.00529. The van der Waals surface area contributed by atoms with Crippen LogP contribution >= 0.6 is 0 Å². The Hall–Kier alpha value is -1.06. The van der Waals surface area contributed by atoms with Crippen LogP contribution in [0.25, 0.3) is 0 Å². The summed E-state index contributed by atoms with van der Waals surface area (Å²) in [6.07, 6.45) is 7.87. The van der Waals surface area contributed by atoms with Crippen molar-refractivity contribution in [1.82, 2.24) is 10.2 Å². The van der Waals surface area contributed by atoms with E-state index in [1.807, 2.05) is 18.7 Å². The van der Waals surface area contributed by atoms with Crippen LogP contribution < -0.4 is 5.32 Å². The summed E-state index contributed by atoms with van der Waals surface area (Å²) in [5.74, 6) is 0.686. The lowest BCUT2D eigenvalue weighted by Crippen LogP contribution is -2.65. The van der Waals surface area contributed by atoms with Gasteiger partial charge in [-0.25, -0.2) is 0 Å². The molecule has 0 aromatic rings. The molecule has 20 heavy (non-hydrogen) atoms. The van der Waals surface area contributed by atoms with Crippen LogP contribution in [-0.4, -0.2) is 34.8 Å². The fraction of sp³-hybridized carbons (Fsp3) is 0.875. The second kappa shape index (κ2) is 6.59. The molecule has 2 rings (SSSR count). The molecule has 1 saturated heterocycles. The lowest BCUT2D eigenvalue weighted by Gasteiger charge is -2.44. The van der Waals surface area contributed by atoms with Gasteiger partial charge < -0.3 is 10.2 Å². The van der Waals surface area contributed by atoms with E-state index in [4.69, 9.17) is 0 Å². The Balaban J connectivity index is 2.12. The smallest absolute Gasteiger partial charge is 0.246 e. The highest BCUT2D eigenvalue weighted by molar-refractivity contribution is 5.96. The maximum atomic E-state index is 12.7. The maximum Gasteiger partial charge on any atom is 0.246 e. The summed E-state index contributed by atoms with van der Waals surface area (Å²) in [4.78, 5) is 26.7. The van der Waals surface area contributed by atoms with Gasteiger partial charge in [-0.05, 0) is 39.0 Å². The molecule has 114 valence electrons. The van der Waals surface area contributed by atoms with Crippen LogP contribution in [0.15, 0.2) is 0 Å². The van der Waals surface area contributed by atoms with E-state index in [-0.39, 0.29) is 29.9 Å². The van der Waals surface area contributed by atoms with Crippen molar-refractivity contribution in [3.8, 4) is 0 Å². The van der Waals surface area contributed by atoms with E-state index >= 15 is 0 Å². The average molecular weight is 280 g/mol. The second-order valence-corrected chi connectivity index (χ2v) is 6.41. The lowest BCUT2D eigenvalue weighted by atomic mass is 9.83. The third kappa shape index (κ3) is 2.99. The van der Waals surface area contributed by atoms with Crippen LogP contribution in [0.1, 0.15) is 65.7 Å². The lowest BCUT2D eigenvalue weighted by molar-refractivity contribution is -0.152. The number of hydrogen-bond acceptors (Lipinski definition) is 2. The molecule has 1 heterocycles. The molecule has 3 unspecified atom stereocenters. The first-order valence-electron chi connectivity index (χ1n) is 8.18. The standard InChI is InChI=1S/C16H28N2O2/c1-4-8-14-16(20)18(12(3)15(19)17-14)11(2)13-9-6-5-7-10-13/h11-14H,4-10H2,1-3H3,(H,17,19). The van der Waals surface area contributed by atoms with Crippen molar-refractivity contribution in [1.29, 1.82) is 0 Å². The molecule has 2 amide bonds. The quantitative estimate of drug-likeness (QED) is 0.860. The molecule has 1 aliphatic heterocycles. The molecule has 0 radical (unpaired) electrons. The number of hydrogen-bond donors (Lipinski definition) is 1. The van der Waals surface area contributed by atoms with Gasteiger partial charge in [0.2, 0.25) is 11.8 Å². The van der Waals surface area contributed by atoms with Crippen LogP contribution in [0.5, 0.6) is 0 Å². The van der Waals surface area contributed by atoms with Gasteiger partial charge in [0.15, 0.2) is 0 Å². The second-order valence-electron chi connectivity index (χ2n) is 6.41. The van der Waals surface area contributed by atoms with Crippen molar-refractivity contribution in [3.05, 3.63) is 0 Å². The molecule has 2 fully saturated rings. The normalized spacial score (nSPS) is 30.2. The van der Waals surface area contributed by atoms with Gasteiger partial charge in [0, 0.05) is 6.04 Å². The zero-order valence-corrected chi connectivity index (χ0v) is 13.0. The van der Waals surface area contributed by atoms with Crippen molar-refractivity contribution >= 4 is 11.8 Å². The van der Waals surface area contributed by atoms with Crippen molar-refractivity contribution in [2.24, 2.45) is 5.92 Å². The predicted molar refractivity (Wildman–Crippen MR) is 79.2 cm³/mol. The predicted octanol–water partition coefficient (Wildman–Crippen LogP) is 2.47. The summed E-state index contributed by atoms with van der Waals surface area (Å²) in [5.41, 5.74) is 0. The summed E-state index contributed by atoms with van der Waals surface area (Å²) in [6, 6.07) is -0.453. The first kappa shape index (κ1) is 15.3. The van der Waals surface area contributed by atoms with E-state index in [0.717, 1.165) is 12.8 Å². The number of carbonyl (C=O) groups is 2. The number of nitrogens with one attached hydrogen (secondary N) is 1. The largest absolute Gasteiger partial charge is 0.343 e.